The molecular formula is C19H22N2O3. The monoisotopic (exact) mass is 326 g/mol. The van der Waals surface area contributed by atoms with Crippen LogP contribution in [0, 0.1) is 13.8 Å². The Morgan fingerprint density at radius 1 is 1.00 bits per heavy atom. The minimum atomic E-state index is -0.232. The predicted octanol–water partition coefficient (Wildman–Crippen LogP) is 3.67. The van der Waals surface area contributed by atoms with Gasteiger partial charge in [-0.05, 0) is 37.6 Å². The molecule has 24 heavy (non-hydrogen) atoms. The van der Waals surface area contributed by atoms with Crippen molar-refractivity contribution >= 4 is 23.2 Å². The Labute approximate surface area is 142 Å². The summed E-state index contributed by atoms with van der Waals surface area (Å²) in [5.41, 5.74) is 3.58. The largest absolute Gasteiger partial charge is 0.484 e. The number of nitrogens with one attached hydrogen (secondary N) is 2. The third-order valence-corrected chi connectivity index (χ3v) is 3.46. The number of ether oxygens (including phenoxy) is 1. The van der Waals surface area contributed by atoms with Gasteiger partial charge >= 0.3 is 0 Å². The third kappa shape index (κ3) is 5.12. The van der Waals surface area contributed by atoms with Crippen LogP contribution in [-0.2, 0) is 9.59 Å². The van der Waals surface area contributed by atoms with Crippen LogP contribution in [0.1, 0.15) is 24.5 Å². The highest BCUT2D eigenvalue weighted by atomic mass is 16.5. The number of aryl methyl sites for hydroxylation is 2. The number of carbonyl (C=O) groups excluding carboxylic acids is 2. The molecule has 126 valence electrons. The maximum atomic E-state index is 12.0. The lowest BCUT2D eigenvalue weighted by Gasteiger charge is -2.11. The van der Waals surface area contributed by atoms with Crippen LogP contribution in [0.5, 0.6) is 5.75 Å². The average molecular weight is 326 g/mol. The molecule has 0 aliphatic rings. The summed E-state index contributed by atoms with van der Waals surface area (Å²) < 4.78 is 5.50. The molecule has 2 aromatic carbocycles. The van der Waals surface area contributed by atoms with E-state index in [0.29, 0.717) is 17.9 Å². The van der Waals surface area contributed by atoms with Crippen molar-refractivity contribution in [2.75, 3.05) is 17.2 Å². The molecule has 0 saturated heterocycles. The molecule has 2 rings (SSSR count). The second-order valence-corrected chi connectivity index (χ2v) is 5.58. The maximum Gasteiger partial charge on any atom is 0.262 e. The third-order valence-electron chi connectivity index (χ3n) is 3.46. The molecule has 0 aliphatic carbocycles. The number of hydrogen-bond donors (Lipinski definition) is 2. The first-order valence-corrected chi connectivity index (χ1v) is 7.87. The maximum absolute atomic E-state index is 12.0. The Kier molecular flexibility index (Phi) is 5.95. The highest BCUT2D eigenvalue weighted by molar-refractivity contribution is 5.93. The highest BCUT2D eigenvalue weighted by Crippen LogP contribution is 2.18. The molecule has 0 saturated carbocycles. The Balaban J connectivity index is 1.91. The van der Waals surface area contributed by atoms with E-state index in [1.54, 1.807) is 31.2 Å². The zero-order valence-electron chi connectivity index (χ0n) is 14.2. The van der Waals surface area contributed by atoms with Crippen LogP contribution < -0.4 is 15.4 Å². The van der Waals surface area contributed by atoms with Crippen LogP contribution in [0.15, 0.2) is 42.5 Å². The number of benzene rings is 2. The number of rotatable bonds is 6. The lowest BCUT2D eigenvalue weighted by atomic mass is 10.1. The molecule has 0 unspecified atom stereocenters. The first-order valence-electron chi connectivity index (χ1n) is 7.87. The Hall–Kier alpha value is -2.82. The van der Waals surface area contributed by atoms with Crippen LogP contribution in [0.2, 0.25) is 0 Å². The van der Waals surface area contributed by atoms with Gasteiger partial charge in [-0.15, -0.1) is 0 Å². The molecule has 5 nitrogen and oxygen atoms in total. The zero-order valence-corrected chi connectivity index (χ0v) is 14.2. The smallest absolute Gasteiger partial charge is 0.262 e. The van der Waals surface area contributed by atoms with E-state index in [4.69, 9.17) is 4.74 Å². The van der Waals surface area contributed by atoms with Crippen molar-refractivity contribution in [1.82, 2.24) is 0 Å². The van der Waals surface area contributed by atoms with Gasteiger partial charge in [0.2, 0.25) is 5.91 Å². The minimum Gasteiger partial charge on any atom is -0.484 e. The Morgan fingerprint density at radius 3 is 2.50 bits per heavy atom. The van der Waals surface area contributed by atoms with Crippen LogP contribution >= 0.6 is 0 Å². The SMILES string of the molecule is CCC(=O)Nc1cccc(OCC(=O)Nc2ccc(C)cc2C)c1. The van der Waals surface area contributed by atoms with Gasteiger partial charge in [-0.25, -0.2) is 0 Å². The standard InChI is InChI=1S/C19H22N2O3/c1-4-18(22)20-15-6-5-7-16(11-15)24-12-19(23)21-17-9-8-13(2)10-14(17)3/h5-11H,4,12H2,1-3H3,(H,20,22)(H,21,23). The van der Waals surface area contributed by atoms with Gasteiger partial charge in [0.25, 0.3) is 5.91 Å². The lowest BCUT2D eigenvalue weighted by Crippen LogP contribution is -2.20. The van der Waals surface area contributed by atoms with Crippen LogP contribution in [0.3, 0.4) is 0 Å². The van der Waals surface area contributed by atoms with Gasteiger partial charge in [0.1, 0.15) is 5.75 Å². The van der Waals surface area contributed by atoms with Gasteiger partial charge in [0.15, 0.2) is 6.61 Å². The van der Waals surface area contributed by atoms with Gasteiger partial charge in [0.05, 0.1) is 0 Å². The van der Waals surface area contributed by atoms with Gasteiger partial charge in [-0.2, -0.15) is 0 Å². The fraction of sp³-hybridized carbons (Fsp3) is 0.263. The van der Waals surface area contributed by atoms with Gasteiger partial charge in [0, 0.05) is 23.9 Å². The number of carbonyl (C=O) groups is 2. The van der Waals surface area contributed by atoms with Crippen LogP contribution in [-0.4, -0.2) is 18.4 Å². The summed E-state index contributed by atoms with van der Waals surface area (Å²) in [5.74, 6) is 0.226. The zero-order chi connectivity index (χ0) is 17.5. The predicted molar refractivity (Wildman–Crippen MR) is 95.4 cm³/mol. The summed E-state index contributed by atoms with van der Waals surface area (Å²) >= 11 is 0. The minimum absolute atomic E-state index is 0.0697. The number of anilines is 2. The quantitative estimate of drug-likeness (QED) is 0.851. The van der Waals surface area contributed by atoms with E-state index in [1.807, 2.05) is 32.0 Å². The lowest BCUT2D eigenvalue weighted by molar-refractivity contribution is -0.118. The first kappa shape index (κ1) is 17.5. The highest BCUT2D eigenvalue weighted by Gasteiger charge is 2.07. The fourth-order valence-electron chi connectivity index (χ4n) is 2.20. The summed E-state index contributed by atoms with van der Waals surface area (Å²) in [6.45, 7) is 5.64. The Morgan fingerprint density at radius 2 is 1.79 bits per heavy atom. The van der Waals surface area contributed by atoms with E-state index in [1.165, 1.54) is 0 Å². The first-order chi connectivity index (χ1) is 11.5. The van der Waals surface area contributed by atoms with Crippen molar-refractivity contribution in [3.8, 4) is 5.75 Å². The summed E-state index contributed by atoms with van der Waals surface area (Å²) in [7, 11) is 0. The van der Waals surface area contributed by atoms with E-state index < -0.39 is 0 Å². The van der Waals surface area contributed by atoms with E-state index in [-0.39, 0.29) is 18.4 Å². The molecule has 2 N–H and O–H groups in total. The molecule has 2 aromatic rings. The van der Waals surface area contributed by atoms with Crippen molar-refractivity contribution in [1.29, 1.82) is 0 Å². The van der Waals surface area contributed by atoms with Gasteiger partial charge in [-0.3, -0.25) is 9.59 Å². The van der Waals surface area contributed by atoms with Gasteiger partial charge in [-0.1, -0.05) is 30.7 Å². The topological polar surface area (TPSA) is 67.4 Å². The van der Waals surface area contributed by atoms with Crippen molar-refractivity contribution in [2.45, 2.75) is 27.2 Å². The molecule has 0 atom stereocenters. The van der Waals surface area contributed by atoms with Gasteiger partial charge < -0.3 is 15.4 Å². The summed E-state index contributed by atoms with van der Waals surface area (Å²) in [6, 6.07) is 12.8. The summed E-state index contributed by atoms with van der Waals surface area (Å²) in [5, 5.41) is 5.58. The second-order valence-electron chi connectivity index (χ2n) is 5.58. The molecular weight excluding hydrogens is 304 g/mol. The molecule has 0 heterocycles. The van der Waals surface area contributed by atoms with Crippen LogP contribution in [0.4, 0.5) is 11.4 Å². The van der Waals surface area contributed by atoms with E-state index in [2.05, 4.69) is 10.6 Å². The average Bonchev–Trinajstić information content (AvgIpc) is 2.56. The molecule has 0 fully saturated rings. The second kappa shape index (κ2) is 8.15. The number of hydrogen-bond acceptors (Lipinski definition) is 3. The van der Waals surface area contributed by atoms with Crippen LogP contribution in [0.25, 0.3) is 0 Å². The van der Waals surface area contributed by atoms with E-state index in [9.17, 15) is 9.59 Å². The van der Waals surface area contributed by atoms with Crippen molar-refractivity contribution < 1.29 is 14.3 Å². The number of amides is 2. The molecule has 0 radical (unpaired) electrons. The summed E-state index contributed by atoms with van der Waals surface area (Å²) in [6.07, 6.45) is 0.406. The van der Waals surface area contributed by atoms with E-state index >= 15 is 0 Å². The van der Waals surface area contributed by atoms with E-state index in [0.717, 1.165) is 16.8 Å². The molecule has 2 amide bonds. The Bertz CT molecular complexity index is 741. The molecule has 0 aromatic heterocycles. The molecule has 5 heteroatoms. The molecule has 0 spiro atoms. The molecule has 0 aliphatic heterocycles. The van der Waals surface area contributed by atoms with Crippen molar-refractivity contribution in [3.63, 3.8) is 0 Å². The van der Waals surface area contributed by atoms with Crippen molar-refractivity contribution in [2.24, 2.45) is 0 Å². The van der Waals surface area contributed by atoms with Crippen molar-refractivity contribution in [3.05, 3.63) is 53.6 Å². The molecule has 0 bridgehead atoms. The summed E-state index contributed by atoms with van der Waals surface area (Å²) in [4.78, 5) is 23.4. The fourth-order valence-corrected chi connectivity index (χ4v) is 2.20. The normalized spacial score (nSPS) is 10.1.